The van der Waals surface area contributed by atoms with Gasteiger partial charge in [0.05, 0.1) is 0 Å². The molecule has 0 amide bonds. The molecule has 100 valence electrons. The van der Waals surface area contributed by atoms with Gasteiger partial charge in [-0.25, -0.2) is 0 Å². The van der Waals surface area contributed by atoms with Crippen LogP contribution in [0, 0.1) is 0 Å². The predicted molar refractivity (Wildman–Crippen MR) is 77.8 cm³/mol. The number of Topliss-reactive ketones (excluding diaryl/α,β-unsaturated/α-hetero) is 1. The maximum atomic E-state index is 12.0. The molecular weight excluding hydrogens is 252 g/mol. The maximum Gasteiger partial charge on any atom is 0.189 e. The van der Waals surface area contributed by atoms with Crippen LogP contribution in [0.5, 0.6) is 0 Å². The minimum absolute atomic E-state index is 0.0494. The summed E-state index contributed by atoms with van der Waals surface area (Å²) in [4.78, 5) is 23.1. The summed E-state index contributed by atoms with van der Waals surface area (Å²) in [7, 11) is 0. The van der Waals surface area contributed by atoms with Gasteiger partial charge < -0.3 is 5.11 Å². The van der Waals surface area contributed by atoms with Crippen molar-refractivity contribution < 1.29 is 14.7 Å². The van der Waals surface area contributed by atoms with Gasteiger partial charge in [-0.3, -0.25) is 9.59 Å². The molecule has 20 heavy (non-hydrogen) atoms. The van der Waals surface area contributed by atoms with E-state index in [0.717, 1.165) is 0 Å². The fourth-order valence-electron chi connectivity index (χ4n) is 1.77. The van der Waals surface area contributed by atoms with Crippen LogP contribution < -0.4 is 0 Å². The molecule has 0 saturated carbocycles. The van der Waals surface area contributed by atoms with Gasteiger partial charge in [-0.05, 0) is 6.92 Å². The highest BCUT2D eigenvalue weighted by atomic mass is 16.3. The second kappa shape index (κ2) is 5.97. The molecule has 0 spiro atoms. The van der Waals surface area contributed by atoms with Crippen LogP contribution in [-0.4, -0.2) is 16.7 Å². The molecule has 3 heteroatoms. The summed E-state index contributed by atoms with van der Waals surface area (Å²) in [5.74, 6) is -0.431. The van der Waals surface area contributed by atoms with E-state index in [0.29, 0.717) is 16.7 Å². The SMILES string of the molecule is CC(=O)c1ccc(C(=O)/C=C(/O)c2ccccc2)cc1. The van der Waals surface area contributed by atoms with Crippen LogP contribution in [0.2, 0.25) is 0 Å². The number of aliphatic hydroxyl groups is 1. The molecule has 2 aromatic carbocycles. The first kappa shape index (κ1) is 13.7. The third-order valence-corrected chi connectivity index (χ3v) is 2.91. The molecule has 0 bridgehead atoms. The topological polar surface area (TPSA) is 54.4 Å². The van der Waals surface area contributed by atoms with Crippen molar-refractivity contribution in [1.29, 1.82) is 0 Å². The average molecular weight is 266 g/mol. The molecule has 3 nitrogen and oxygen atoms in total. The Morgan fingerprint density at radius 2 is 1.40 bits per heavy atom. The van der Waals surface area contributed by atoms with Crippen molar-refractivity contribution in [1.82, 2.24) is 0 Å². The minimum Gasteiger partial charge on any atom is -0.507 e. The predicted octanol–water partition coefficient (Wildman–Crippen LogP) is 3.67. The normalized spacial score (nSPS) is 11.2. The van der Waals surface area contributed by atoms with Gasteiger partial charge in [0, 0.05) is 22.8 Å². The highest BCUT2D eigenvalue weighted by Crippen LogP contribution is 2.13. The van der Waals surface area contributed by atoms with Gasteiger partial charge in [-0.1, -0.05) is 54.6 Å². The Morgan fingerprint density at radius 1 is 0.850 bits per heavy atom. The number of carbonyl (C=O) groups excluding carboxylic acids is 2. The summed E-state index contributed by atoms with van der Waals surface area (Å²) in [5, 5.41) is 9.88. The number of allylic oxidation sites excluding steroid dienone is 1. The number of benzene rings is 2. The smallest absolute Gasteiger partial charge is 0.189 e. The minimum atomic E-state index is -0.304. The van der Waals surface area contributed by atoms with E-state index in [-0.39, 0.29) is 17.3 Å². The quantitative estimate of drug-likeness (QED) is 0.522. The van der Waals surface area contributed by atoms with E-state index in [4.69, 9.17) is 0 Å². The van der Waals surface area contributed by atoms with Crippen molar-refractivity contribution in [2.45, 2.75) is 6.92 Å². The third-order valence-electron chi connectivity index (χ3n) is 2.91. The lowest BCUT2D eigenvalue weighted by atomic mass is 10.0. The Bertz CT molecular complexity index is 652. The van der Waals surface area contributed by atoms with E-state index in [9.17, 15) is 14.7 Å². The van der Waals surface area contributed by atoms with Crippen LogP contribution in [0.25, 0.3) is 5.76 Å². The van der Waals surface area contributed by atoms with Crippen LogP contribution in [0.3, 0.4) is 0 Å². The average Bonchev–Trinajstić information content (AvgIpc) is 2.48. The first-order chi connectivity index (χ1) is 9.58. The van der Waals surface area contributed by atoms with Gasteiger partial charge in [0.1, 0.15) is 5.76 Å². The molecule has 0 aromatic heterocycles. The van der Waals surface area contributed by atoms with E-state index < -0.39 is 0 Å². The van der Waals surface area contributed by atoms with Crippen molar-refractivity contribution in [2.24, 2.45) is 0 Å². The number of carbonyl (C=O) groups is 2. The molecular formula is C17H14O3. The van der Waals surface area contributed by atoms with Gasteiger partial charge in [-0.15, -0.1) is 0 Å². The van der Waals surface area contributed by atoms with Crippen LogP contribution in [0.15, 0.2) is 60.7 Å². The number of hydrogen-bond donors (Lipinski definition) is 1. The lowest BCUT2D eigenvalue weighted by molar-refractivity contribution is 0.101. The zero-order valence-electron chi connectivity index (χ0n) is 11.0. The van der Waals surface area contributed by atoms with Gasteiger partial charge >= 0.3 is 0 Å². The molecule has 0 unspecified atom stereocenters. The molecule has 0 fully saturated rings. The standard InChI is InChI=1S/C17H14O3/c1-12(18)13-7-9-15(10-8-13)17(20)11-16(19)14-5-3-2-4-6-14/h2-11,19H,1H3/b16-11+. The largest absolute Gasteiger partial charge is 0.507 e. The zero-order chi connectivity index (χ0) is 14.5. The molecule has 0 aliphatic rings. The molecule has 2 aromatic rings. The van der Waals surface area contributed by atoms with Crippen molar-refractivity contribution in [3.63, 3.8) is 0 Å². The summed E-state index contributed by atoms with van der Waals surface area (Å²) < 4.78 is 0. The third kappa shape index (κ3) is 3.20. The van der Waals surface area contributed by atoms with E-state index in [2.05, 4.69) is 0 Å². The molecule has 0 radical (unpaired) electrons. The Kier molecular flexibility index (Phi) is 4.11. The van der Waals surface area contributed by atoms with Crippen LogP contribution in [0.1, 0.15) is 33.2 Å². The molecule has 0 atom stereocenters. The van der Waals surface area contributed by atoms with Crippen molar-refractivity contribution in [2.75, 3.05) is 0 Å². The van der Waals surface area contributed by atoms with E-state index >= 15 is 0 Å². The molecule has 2 rings (SSSR count). The van der Waals surface area contributed by atoms with Crippen LogP contribution >= 0.6 is 0 Å². The molecule has 1 N–H and O–H groups in total. The number of ketones is 2. The second-order valence-corrected chi connectivity index (χ2v) is 4.39. The first-order valence-corrected chi connectivity index (χ1v) is 6.19. The Hall–Kier alpha value is -2.68. The molecule has 0 saturated heterocycles. The summed E-state index contributed by atoms with van der Waals surface area (Å²) in [5.41, 5.74) is 1.57. The molecule has 0 aliphatic heterocycles. The number of hydrogen-bond acceptors (Lipinski definition) is 3. The van der Waals surface area contributed by atoms with Gasteiger partial charge in [0.15, 0.2) is 11.6 Å². The van der Waals surface area contributed by atoms with Gasteiger partial charge in [0.25, 0.3) is 0 Å². The number of aliphatic hydroxyl groups excluding tert-OH is 1. The summed E-state index contributed by atoms with van der Waals surface area (Å²) in [6.07, 6.45) is 1.18. The van der Waals surface area contributed by atoms with Crippen molar-refractivity contribution in [3.8, 4) is 0 Å². The Labute approximate surface area is 117 Å². The van der Waals surface area contributed by atoms with E-state index in [1.165, 1.54) is 13.0 Å². The lowest BCUT2D eigenvalue weighted by Gasteiger charge is -2.01. The monoisotopic (exact) mass is 266 g/mol. The van der Waals surface area contributed by atoms with Crippen LogP contribution in [-0.2, 0) is 0 Å². The van der Waals surface area contributed by atoms with Crippen molar-refractivity contribution in [3.05, 3.63) is 77.4 Å². The highest BCUT2D eigenvalue weighted by Gasteiger charge is 2.07. The first-order valence-electron chi connectivity index (χ1n) is 6.19. The maximum absolute atomic E-state index is 12.0. The highest BCUT2D eigenvalue weighted by molar-refractivity contribution is 6.08. The summed E-state index contributed by atoms with van der Waals surface area (Å²) in [6, 6.07) is 15.2. The van der Waals surface area contributed by atoms with Crippen LogP contribution in [0.4, 0.5) is 0 Å². The van der Waals surface area contributed by atoms with Gasteiger partial charge in [-0.2, -0.15) is 0 Å². The number of rotatable bonds is 4. The Morgan fingerprint density at radius 3 is 1.95 bits per heavy atom. The van der Waals surface area contributed by atoms with Crippen molar-refractivity contribution >= 4 is 17.3 Å². The fraction of sp³-hybridized carbons (Fsp3) is 0.0588. The van der Waals surface area contributed by atoms with Gasteiger partial charge in [0.2, 0.25) is 0 Å². The lowest BCUT2D eigenvalue weighted by Crippen LogP contribution is -1.98. The zero-order valence-corrected chi connectivity index (χ0v) is 11.0. The Balaban J connectivity index is 2.21. The van der Waals surface area contributed by atoms with E-state index in [1.807, 2.05) is 6.07 Å². The fourth-order valence-corrected chi connectivity index (χ4v) is 1.77. The molecule has 0 heterocycles. The molecule has 0 aliphatic carbocycles. The summed E-state index contributed by atoms with van der Waals surface area (Å²) in [6.45, 7) is 1.47. The van der Waals surface area contributed by atoms with E-state index in [1.54, 1.807) is 48.5 Å². The summed E-state index contributed by atoms with van der Waals surface area (Å²) >= 11 is 0. The second-order valence-electron chi connectivity index (χ2n) is 4.39.